The summed E-state index contributed by atoms with van der Waals surface area (Å²) in [5, 5.41) is 7.00. The lowest BCUT2D eigenvalue weighted by Gasteiger charge is -2.28. The monoisotopic (exact) mass is 523 g/mol. The second-order valence-electron chi connectivity index (χ2n) is 9.63. The number of hydroxylamine groups is 1. The summed E-state index contributed by atoms with van der Waals surface area (Å²) in [5.74, 6) is 0.921. The molecule has 0 spiro atoms. The van der Waals surface area contributed by atoms with Crippen LogP contribution in [0.5, 0.6) is 0 Å². The van der Waals surface area contributed by atoms with Crippen LogP contribution in [0.2, 0.25) is 0 Å². The van der Waals surface area contributed by atoms with Crippen LogP contribution in [0.4, 0.5) is 24.8 Å². The predicted molar refractivity (Wildman–Crippen MR) is 129 cm³/mol. The van der Waals surface area contributed by atoms with Gasteiger partial charge in [0.1, 0.15) is 5.56 Å². The highest BCUT2D eigenvalue weighted by Crippen LogP contribution is 2.39. The van der Waals surface area contributed by atoms with Crippen molar-refractivity contribution < 1.29 is 22.8 Å². The van der Waals surface area contributed by atoms with Crippen LogP contribution < -0.4 is 21.3 Å². The summed E-state index contributed by atoms with van der Waals surface area (Å²) in [6, 6.07) is 0. The molecule has 36 heavy (non-hydrogen) atoms. The van der Waals surface area contributed by atoms with Crippen LogP contribution in [0.15, 0.2) is 35.0 Å². The predicted octanol–water partition coefficient (Wildman–Crippen LogP) is 1.22. The van der Waals surface area contributed by atoms with Gasteiger partial charge in [0.25, 0.3) is 5.56 Å². The van der Waals surface area contributed by atoms with Gasteiger partial charge in [-0.3, -0.25) is 14.4 Å². The van der Waals surface area contributed by atoms with E-state index in [0.717, 1.165) is 11.8 Å². The Hall–Kier alpha value is -3.26. The van der Waals surface area contributed by atoms with Gasteiger partial charge >= 0.3 is 6.18 Å². The van der Waals surface area contributed by atoms with E-state index in [4.69, 9.17) is 4.84 Å². The number of nitrogens with zero attached hydrogens (tertiary/aromatic N) is 4. The minimum Gasteiger partial charge on any atom is -0.379 e. The summed E-state index contributed by atoms with van der Waals surface area (Å²) in [6.45, 7) is 2.82. The Labute approximate surface area is 208 Å². The molecular formula is C22H28F3N7O3Si. The van der Waals surface area contributed by atoms with Gasteiger partial charge in [0, 0.05) is 47.3 Å². The fourth-order valence-electron chi connectivity index (χ4n) is 3.89. The molecule has 2 aromatic heterocycles. The summed E-state index contributed by atoms with van der Waals surface area (Å²) < 4.78 is 39.8. The standard InChI is InChI=1S/C22H28F3N7O3Si/c1-21(36,29-16-11-28-30-19(34)18(16)22(23,24)25)12-35-31-17(33)8-13-4-6-32(7-5-13)20-26-9-15(10-27-20)14-2-3-14/h4,9-11,14H,2-3,5-8,12H2,1,36H3,(H,31,33)(H2,29,30,34). The lowest BCUT2D eigenvalue weighted by Crippen LogP contribution is -2.44. The maximum absolute atomic E-state index is 13.3. The fourth-order valence-corrected chi connectivity index (χ4v) is 4.30. The van der Waals surface area contributed by atoms with Crippen molar-refractivity contribution in [2.45, 2.75) is 49.9 Å². The number of nitrogens with one attached hydrogen (secondary N) is 3. The van der Waals surface area contributed by atoms with Crippen molar-refractivity contribution in [3.63, 3.8) is 0 Å². The van der Waals surface area contributed by atoms with Crippen LogP contribution in [-0.2, 0) is 15.8 Å². The normalized spacial score (nSPS) is 17.9. The topological polar surface area (TPSA) is 125 Å². The number of amides is 1. The average molecular weight is 524 g/mol. The lowest BCUT2D eigenvalue weighted by atomic mass is 10.0. The van der Waals surface area contributed by atoms with Gasteiger partial charge in [-0.2, -0.15) is 18.3 Å². The molecular weight excluding hydrogens is 495 g/mol. The number of rotatable bonds is 9. The molecule has 4 rings (SSSR count). The van der Waals surface area contributed by atoms with Crippen molar-refractivity contribution in [2.24, 2.45) is 0 Å². The Bertz CT molecular complexity index is 1180. The Balaban J connectivity index is 1.23. The van der Waals surface area contributed by atoms with Gasteiger partial charge in [-0.05, 0) is 37.7 Å². The first-order chi connectivity index (χ1) is 17.0. The summed E-state index contributed by atoms with van der Waals surface area (Å²) in [4.78, 5) is 40.2. The summed E-state index contributed by atoms with van der Waals surface area (Å²) in [5.41, 5.74) is 1.36. The zero-order valence-corrected chi connectivity index (χ0v) is 22.0. The molecule has 1 saturated carbocycles. The third-order valence-corrected chi connectivity index (χ3v) is 6.45. The molecule has 194 valence electrons. The van der Waals surface area contributed by atoms with Gasteiger partial charge in [0.2, 0.25) is 11.9 Å². The molecule has 1 unspecified atom stereocenters. The van der Waals surface area contributed by atoms with Crippen molar-refractivity contribution in [3.05, 3.63) is 51.7 Å². The summed E-state index contributed by atoms with van der Waals surface area (Å²) in [6.07, 6.45) is 5.03. The van der Waals surface area contributed by atoms with Crippen molar-refractivity contribution in [1.82, 2.24) is 25.6 Å². The van der Waals surface area contributed by atoms with Crippen LogP contribution in [0, 0.1) is 0 Å². The number of carbonyl (C=O) groups excluding carboxylic acids is 1. The van der Waals surface area contributed by atoms with Crippen molar-refractivity contribution in [3.8, 4) is 0 Å². The number of anilines is 2. The molecule has 1 atom stereocenters. The number of aromatic nitrogens is 4. The number of hydrogen-bond acceptors (Lipinski definition) is 8. The first kappa shape index (κ1) is 25.8. The zero-order valence-electron chi connectivity index (χ0n) is 20.0. The highest BCUT2D eigenvalue weighted by molar-refractivity contribution is 6.16. The molecule has 2 aliphatic rings. The maximum atomic E-state index is 13.3. The first-order valence-electron chi connectivity index (χ1n) is 11.6. The highest BCUT2D eigenvalue weighted by atomic mass is 28.1. The molecule has 0 aromatic carbocycles. The van der Waals surface area contributed by atoms with Crippen LogP contribution in [0.1, 0.15) is 49.7 Å². The van der Waals surface area contributed by atoms with Gasteiger partial charge in [-0.1, -0.05) is 11.6 Å². The lowest BCUT2D eigenvalue weighted by molar-refractivity contribution is -0.138. The van der Waals surface area contributed by atoms with Gasteiger partial charge in [0.05, 0.1) is 18.5 Å². The molecule has 1 aliphatic heterocycles. The van der Waals surface area contributed by atoms with E-state index >= 15 is 0 Å². The third kappa shape index (κ3) is 6.69. The van der Waals surface area contributed by atoms with E-state index in [9.17, 15) is 22.8 Å². The van der Waals surface area contributed by atoms with E-state index in [1.54, 1.807) is 12.0 Å². The van der Waals surface area contributed by atoms with E-state index < -0.39 is 28.1 Å². The third-order valence-electron chi connectivity index (χ3n) is 5.91. The molecule has 2 aromatic rings. The molecule has 14 heteroatoms. The molecule has 3 heterocycles. The van der Waals surface area contributed by atoms with Gasteiger partial charge in [-0.15, -0.1) is 0 Å². The van der Waals surface area contributed by atoms with Gasteiger partial charge < -0.3 is 10.2 Å². The van der Waals surface area contributed by atoms with E-state index in [1.165, 1.54) is 18.4 Å². The molecule has 10 nitrogen and oxygen atoms in total. The minimum atomic E-state index is -4.85. The van der Waals surface area contributed by atoms with E-state index in [2.05, 4.69) is 25.9 Å². The zero-order chi connectivity index (χ0) is 25.9. The molecule has 1 fully saturated rings. The molecule has 3 N–H and O–H groups in total. The largest absolute Gasteiger partial charge is 0.423 e. The van der Waals surface area contributed by atoms with E-state index in [0.29, 0.717) is 41.6 Å². The molecule has 1 amide bonds. The molecule has 0 radical (unpaired) electrons. The van der Waals surface area contributed by atoms with Crippen LogP contribution in [-0.4, -0.2) is 61.2 Å². The molecule has 0 bridgehead atoms. The Morgan fingerprint density at radius 2 is 2.00 bits per heavy atom. The van der Waals surface area contributed by atoms with Gasteiger partial charge in [-0.25, -0.2) is 20.5 Å². The van der Waals surface area contributed by atoms with Crippen LogP contribution in [0.25, 0.3) is 0 Å². The maximum Gasteiger partial charge on any atom is 0.423 e. The number of alkyl halides is 3. The molecule has 0 saturated heterocycles. The SMILES string of the molecule is CC([SiH3])(CONC(=O)CC1=CCN(c2ncc(C3CC3)cn2)CC1)Nc1cn[nH]c(=O)c1C(F)(F)F. The van der Waals surface area contributed by atoms with Crippen molar-refractivity contribution in [2.75, 3.05) is 29.9 Å². The second kappa shape index (κ2) is 10.4. The Kier molecular flexibility index (Phi) is 7.45. The van der Waals surface area contributed by atoms with Crippen LogP contribution in [0.3, 0.4) is 0 Å². The Morgan fingerprint density at radius 1 is 1.28 bits per heavy atom. The summed E-state index contributed by atoms with van der Waals surface area (Å²) in [7, 11) is 0.348. The average Bonchev–Trinajstić information content (AvgIpc) is 3.64. The number of H-pyrrole nitrogens is 1. The van der Waals surface area contributed by atoms with Crippen LogP contribution >= 0.6 is 0 Å². The van der Waals surface area contributed by atoms with E-state index in [1.807, 2.05) is 23.4 Å². The minimum absolute atomic E-state index is 0.101. The molecule has 1 aliphatic carbocycles. The number of carbonyl (C=O) groups is 1. The summed E-state index contributed by atoms with van der Waals surface area (Å²) >= 11 is 0. The first-order valence-corrected chi connectivity index (χ1v) is 12.6. The highest BCUT2D eigenvalue weighted by Gasteiger charge is 2.38. The van der Waals surface area contributed by atoms with Gasteiger partial charge in [0.15, 0.2) is 0 Å². The number of hydrogen-bond donors (Lipinski definition) is 3. The Morgan fingerprint density at radius 3 is 2.61 bits per heavy atom. The van der Waals surface area contributed by atoms with E-state index in [-0.39, 0.29) is 18.9 Å². The number of aromatic amines is 1. The number of halogens is 3. The van der Waals surface area contributed by atoms with Crippen molar-refractivity contribution in [1.29, 1.82) is 0 Å². The second-order valence-corrected chi connectivity index (χ2v) is 11.8. The smallest absolute Gasteiger partial charge is 0.379 e. The quantitative estimate of drug-likeness (QED) is 0.255. The fraction of sp³-hybridized carbons (Fsp3) is 0.500. The van der Waals surface area contributed by atoms with Crippen molar-refractivity contribution >= 4 is 27.8 Å².